The molecule has 2 N–H and O–H groups in total. The molecule has 2 unspecified atom stereocenters. The molecule has 2 aromatic rings. The highest BCUT2D eigenvalue weighted by Crippen LogP contribution is 2.33. The fraction of sp³-hybridized carbons (Fsp3) is 0.333. The molecular formula is C18H20FNO. The molecule has 1 aliphatic rings. The number of aryl methyl sites for hydroxylation is 1. The lowest BCUT2D eigenvalue weighted by molar-refractivity contribution is 0.412. The first kappa shape index (κ1) is 14.1. The fourth-order valence-corrected chi connectivity index (χ4v) is 3.12. The Morgan fingerprint density at radius 3 is 2.71 bits per heavy atom. The first-order chi connectivity index (χ1) is 10.1. The van der Waals surface area contributed by atoms with Gasteiger partial charge in [-0.3, -0.25) is 0 Å². The minimum Gasteiger partial charge on any atom is -0.508 e. The highest BCUT2D eigenvalue weighted by atomic mass is 19.1. The summed E-state index contributed by atoms with van der Waals surface area (Å²) in [5.41, 5.74) is 3.58. The number of rotatable bonds is 3. The Kier molecular flexibility index (Phi) is 3.93. The predicted octanol–water partition coefficient (Wildman–Crippen LogP) is 4.26. The van der Waals surface area contributed by atoms with E-state index in [1.54, 1.807) is 6.07 Å². The van der Waals surface area contributed by atoms with Crippen molar-refractivity contribution in [2.45, 2.75) is 38.3 Å². The largest absolute Gasteiger partial charge is 0.508 e. The van der Waals surface area contributed by atoms with Crippen LogP contribution in [0.3, 0.4) is 0 Å². The molecule has 21 heavy (non-hydrogen) atoms. The highest BCUT2D eigenvalue weighted by molar-refractivity contribution is 5.38. The Morgan fingerprint density at radius 1 is 1.19 bits per heavy atom. The van der Waals surface area contributed by atoms with Gasteiger partial charge in [-0.05, 0) is 67.1 Å². The molecule has 3 heteroatoms. The van der Waals surface area contributed by atoms with Crippen LogP contribution >= 0.6 is 0 Å². The molecular weight excluding hydrogens is 265 g/mol. The monoisotopic (exact) mass is 285 g/mol. The Hall–Kier alpha value is -1.87. The normalized spacial score (nSPS) is 19.0. The first-order valence-corrected chi connectivity index (χ1v) is 7.47. The van der Waals surface area contributed by atoms with Crippen LogP contribution in [0.2, 0.25) is 0 Å². The maximum absolute atomic E-state index is 13.0. The van der Waals surface area contributed by atoms with Crippen molar-refractivity contribution >= 4 is 0 Å². The number of halogens is 1. The first-order valence-electron chi connectivity index (χ1n) is 7.47. The lowest BCUT2D eigenvalue weighted by Gasteiger charge is -2.29. The van der Waals surface area contributed by atoms with Crippen LogP contribution in [-0.2, 0) is 6.42 Å². The molecule has 0 heterocycles. The molecule has 1 aliphatic carbocycles. The Bertz CT molecular complexity index is 624. The van der Waals surface area contributed by atoms with E-state index in [0.717, 1.165) is 24.8 Å². The Labute approximate surface area is 124 Å². The summed E-state index contributed by atoms with van der Waals surface area (Å²) in [4.78, 5) is 0. The molecule has 2 atom stereocenters. The van der Waals surface area contributed by atoms with Crippen LogP contribution in [0.4, 0.5) is 4.39 Å². The number of hydrogen-bond donors (Lipinski definition) is 2. The average molecular weight is 285 g/mol. The summed E-state index contributed by atoms with van der Waals surface area (Å²) in [5, 5.41) is 13.2. The number of benzene rings is 2. The van der Waals surface area contributed by atoms with E-state index < -0.39 is 0 Å². The zero-order valence-electron chi connectivity index (χ0n) is 12.1. The third-order valence-electron chi connectivity index (χ3n) is 4.26. The maximum atomic E-state index is 13.0. The van der Waals surface area contributed by atoms with Crippen molar-refractivity contribution in [3.05, 3.63) is 65.0 Å². The molecule has 0 spiro atoms. The van der Waals surface area contributed by atoms with Gasteiger partial charge in [-0.1, -0.05) is 18.2 Å². The second kappa shape index (κ2) is 5.86. The van der Waals surface area contributed by atoms with Crippen LogP contribution < -0.4 is 5.32 Å². The Morgan fingerprint density at radius 2 is 1.95 bits per heavy atom. The van der Waals surface area contributed by atoms with Crippen molar-refractivity contribution in [2.24, 2.45) is 0 Å². The summed E-state index contributed by atoms with van der Waals surface area (Å²) in [5.74, 6) is 0.130. The quantitative estimate of drug-likeness (QED) is 0.883. The molecule has 0 aliphatic heterocycles. The molecule has 0 saturated heterocycles. The van der Waals surface area contributed by atoms with E-state index in [1.165, 1.54) is 23.3 Å². The van der Waals surface area contributed by atoms with Crippen molar-refractivity contribution in [3.63, 3.8) is 0 Å². The van der Waals surface area contributed by atoms with Crippen molar-refractivity contribution in [1.82, 2.24) is 5.32 Å². The van der Waals surface area contributed by atoms with E-state index in [4.69, 9.17) is 0 Å². The van der Waals surface area contributed by atoms with Gasteiger partial charge in [-0.25, -0.2) is 4.39 Å². The van der Waals surface area contributed by atoms with Gasteiger partial charge in [0.1, 0.15) is 11.6 Å². The number of phenolic OH excluding ortho intramolecular Hbond substituents is 1. The second-order valence-electron chi connectivity index (χ2n) is 5.77. The van der Waals surface area contributed by atoms with Crippen LogP contribution in [0.15, 0.2) is 42.5 Å². The van der Waals surface area contributed by atoms with Crippen LogP contribution in [0, 0.1) is 5.82 Å². The molecule has 110 valence electrons. The van der Waals surface area contributed by atoms with Crippen molar-refractivity contribution in [3.8, 4) is 5.75 Å². The number of nitrogens with one attached hydrogen (secondary N) is 1. The van der Waals surface area contributed by atoms with Crippen LogP contribution in [0.25, 0.3) is 0 Å². The second-order valence-corrected chi connectivity index (χ2v) is 5.77. The van der Waals surface area contributed by atoms with E-state index >= 15 is 0 Å². The summed E-state index contributed by atoms with van der Waals surface area (Å²) in [7, 11) is 0. The molecule has 0 aromatic heterocycles. The van der Waals surface area contributed by atoms with Crippen molar-refractivity contribution in [1.29, 1.82) is 0 Å². The van der Waals surface area contributed by atoms with E-state index in [2.05, 4.69) is 12.2 Å². The molecule has 2 nitrogen and oxygen atoms in total. The van der Waals surface area contributed by atoms with Crippen LogP contribution in [0.5, 0.6) is 5.75 Å². The molecule has 0 amide bonds. The maximum Gasteiger partial charge on any atom is 0.123 e. The molecule has 0 bridgehead atoms. The molecule has 0 radical (unpaired) electrons. The van der Waals surface area contributed by atoms with E-state index in [1.807, 2.05) is 24.3 Å². The van der Waals surface area contributed by atoms with Crippen LogP contribution in [-0.4, -0.2) is 5.11 Å². The lowest BCUT2D eigenvalue weighted by atomic mass is 9.87. The van der Waals surface area contributed by atoms with Crippen LogP contribution in [0.1, 0.15) is 48.5 Å². The van der Waals surface area contributed by atoms with Gasteiger partial charge in [-0.2, -0.15) is 0 Å². The fourth-order valence-electron chi connectivity index (χ4n) is 3.12. The number of fused-ring (bicyclic) bond motifs is 1. The molecule has 0 fully saturated rings. The summed E-state index contributed by atoms with van der Waals surface area (Å²) in [6.45, 7) is 2.10. The van der Waals surface area contributed by atoms with Gasteiger partial charge in [0, 0.05) is 12.1 Å². The van der Waals surface area contributed by atoms with Gasteiger partial charge < -0.3 is 10.4 Å². The van der Waals surface area contributed by atoms with Gasteiger partial charge in [0.15, 0.2) is 0 Å². The third kappa shape index (κ3) is 3.08. The number of hydrogen-bond acceptors (Lipinski definition) is 2. The highest BCUT2D eigenvalue weighted by Gasteiger charge is 2.22. The minimum absolute atomic E-state index is 0.162. The van der Waals surface area contributed by atoms with Crippen molar-refractivity contribution in [2.75, 3.05) is 0 Å². The van der Waals surface area contributed by atoms with Crippen molar-refractivity contribution < 1.29 is 9.50 Å². The topological polar surface area (TPSA) is 32.3 Å². The predicted molar refractivity (Wildman–Crippen MR) is 81.7 cm³/mol. The van der Waals surface area contributed by atoms with Gasteiger partial charge in [0.2, 0.25) is 0 Å². The minimum atomic E-state index is -0.204. The van der Waals surface area contributed by atoms with Gasteiger partial charge >= 0.3 is 0 Å². The molecule has 3 rings (SSSR count). The summed E-state index contributed by atoms with van der Waals surface area (Å²) in [6.07, 6.45) is 3.22. The zero-order valence-corrected chi connectivity index (χ0v) is 12.1. The summed E-state index contributed by atoms with van der Waals surface area (Å²) < 4.78 is 13.0. The lowest BCUT2D eigenvalue weighted by Crippen LogP contribution is -2.27. The summed E-state index contributed by atoms with van der Waals surface area (Å²) >= 11 is 0. The zero-order chi connectivity index (χ0) is 14.8. The number of phenols is 1. The van der Waals surface area contributed by atoms with E-state index in [0.29, 0.717) is 5.75 Å². The number of aromatic hydroxyl groups is 1. The van der Waals surface area contributed by atoms with Gasteiger partial charge in [-0.15, -0.1) is 0 Å². The van der Waals surface area contributed by atoms with Gasteiger partial charge in [0.25, 0.3) is 0 Å². The smallest absolute Gasteiger partial charge is 0.123 e. The SMILES string of the molecule is CC(NC1CCCc2cc(O)ccc21)c1ccc(F)cc1. The summed E-state index contributed by atoms with van der Waals surface area (Å²) in [6, 6.07) is 12.7. The average Bonchev–Trinajstić information content (AvgIpc) is 2.47. The standard InChI is InChI=1S/C18H20FNO/c1-12(13-5-7-15(19)8-6-13)20-18-4-2-3-14-11-16(21)9-10-17(14)18/h5-12,18,20-21H,2-4H2,1H3. The van der Waals surface area contributed by atoms with E-state index in [-0.39, 0.29) is 17.9 Å². The molecule has 2 aromatic carbocycles. The van der Waals surface area contributed by atoms with Gasteiger partial charge in [0.05, 0.1) is 0 Å². The molecule has 0 saturated carbocycles. The Balaban J connectivity index is 1.78. The third-order valence-corrected chi connectivity index (χ3v) is 4.26. The van der Waals surface area contributed by atoms with E-state index in [9.17, 15) is 9.50 Å².